The van der Waals surface area contributed by atoms with Crippen molar-refractivity contribution in [2.75, 3.05) is 26.2 Å². The van der Waals surface area contributed by atoms with Gasteiger partial charge in [-0.2, -0.15) is 0 Å². The fraction of sp³-hybridized carbons (Fsp3) is 0.459. The molecule has 0 bridgehead atoms. The van der Waals surface area contributed by atoms with E-state index >= 15 is 0 Å². The Morgan fingerprint density at radius 3 is 1.77 bits per heavy atom. The molecule has 0 aliphatic carbocycles. The van der Waals surface area contributed by atoms with Crippen LogP contribution in [0.3, 0.4) is 0 Å². The van der Waals surface area contributed by atoms with Crippen molar-refractivity contribution in [3.05, 3.63) is 102 Å². The van der Waals surface area contributed by atoms with Crippen LogP contribution in [0.1, 0.15) is 78.6 Å². The van der Waals surface area contributed by atoms with Crippen molar-refractivity contribution in [1.82, 2.24) is 16.0 Å². The molecule has 242 valence electrons. The molecule has 6 nitrogen and oxygen atoms in total. The van der Waals surface area contributed by atoms with Crippen molar-refractivity contribution in [1.29, 1.82) is 0 Å². The topological polar surface area (TPSA) is 79.5 Å². The van der Waals surface area contributed by atoms with Crippen molar-refractivity contribution < 1.29 is 14.3 Å². The largest absolute Gasteiger partial charge is 0.478 e. The third kappa shape index (κ3) is 22.2. The van der Waals surface area contributed by atoms with Gasteiger partial charge < -0.3 is 20.7 Å². The van der Waals surface area contributed by atoms with E-state index in [0.29, 0.717) is 36.8 Å². The van der Waals surface area contributed by atoms with Crippen LogP contribution in [-0.4, -0.2) is 43.6 Å². The standard InChI is InChI=1S/C37H54ClN3O3/c1-4-5-6-7-8-9-10-11-12-13-14-15-16-17-18-19-20-21-22-24-35(42)40-32-31-39-29-23-30-41-36(43)37(2,3)44-34-27-25-33(38)26-28-34/h5-6,8-9,11-12,14-15,17-18,20-21,25-28,39H,4,7,10,13,16,19,22-24,29-32H2,1-3H3,(H,40,42)(H,41,43). The molecule has 0 unspecified atom stereocenters. The quantitative estimate of drug-likeness (QED) is 0.0801. The summed E-state index contributed by atoms with van der Waals surface area (Å²) in [5.74, 6) is 0.476. The lowest BCUT2D eigenvalue weighted by Gasteiger charge is -2.25. The van der Waals surface area contributed by atoms with Gasteiger partial charge in [-0.15, -0.1) is 0 Å². The molecule has 0 saturated carbocycles. The Hall–Kier alpha value is -3.35. The van der Waals surface area contributed by atoms with Crippen LogP contribution in [0.2, 0.25) is 5.02 Å². The van der Waals surface area contributed by atoms with E-state index in [0.717, 1.165) is 57.9 Å². The summed E-state index contributed by atoms with van der Waals surface area (Å²) in [5, 5.41) is 9.75. The molecule has 7 heteroatoms. The number of carbonyl (C=O) groups is 2. The monoisotopic (exact) mass is 623 g/mol. The van der Waals surface area contributed by atoms with Gasteiger partial charge in [0.25, 0.3) is 5.91 Å². The highest BCUT2D eigenvalue weighted by atomic mass is 35.5. The lowest BCUT2D eigenvalue weighted by Crippen LogP contribution is -2.47. The Labute approximate surface area is 271 Å². The van der Waals surface area contributed by atoms with Gasteiger partial charge in [0.2, 0.25) is 5.91 Å². The van der Waals surface area contributed by atoms with Gasteiger partial charge in [-0.1, -0.05) is 91.4 Å². The average molecular weight is 624 g/mol. The molecule has 0 spiro atoms. The van der Waals surface area contributed by atoms with E-state index in [9.17, 15) is 9.59 Å². The van der Waals surface area contributed by atoms with E-state index in [1.807, 2.05) is 0 Å². The zero-order chi connectivity index (χ0) is 32.1. The van der Waals surface area contributed by atoms with Gasteiger partial charge in [0.1, 0.15) is 5.75 Å². The lowest BCUT2D eigenvalue weighted by molar-refractivity contribution is -0.134. The maximum atomic E-state index is 12.5. The second kappa shape index (κ2) is 26.1. The maximum Gasteiger partial charge on any atom is 0.263 e. The SMILES string of the molecule is CCC=CCC=CCC=CCC=CCC=CCC=CCCC(=O)NCCNCCCNC(=O)C(C)(C)Oc1ccc(Cl)cc1. The van der Waals surface area contributed by atoms with Crippen LogP contribution in [0.15, 0.2) is 97.2 Å². The normalized spacial score (nSPS) is 12.5. The summed E-state index contributed by atoms with van der Waals surface area (Å²) in [6.07, 6.45) is 34.0. The summed E-state index contributed by atoms with van der Waals surface area (Å²) in [5.41, 5.74) is -0.990. The van der Waals surface area contributed by atoms with Gasteiger partial charge in [0.05, 0.1) is 0 Å². The number of ether oxygens (including phenoxy) is 1. The van der Waals surface area contributed by atoms with Crippen molar-refractivity contribution in [2.24, 2.45) is 0 Å². The van der Waals surface area contributed by atoms with Crippen LogP contribution < -0.4 is 20.7 Å². The number of allylic oxidation sites excluding steroid dienone is 12. The Morgan fingerprint density at radius 1 is 0.705 bits per heavy atom. The fourth-order valence-corrected chi connectivity index (χ4v) is 3.96. The second-order valence-electron chi connectivity index (χ2n) is 10.7. The smallest absolute Gasteiger partial charge is 0.263 e. The predicted molar refractivity (Wildman–Crippen MR) is 187 cm³/mol. The number of amides is 2. The van der Waals surface area contributed by atoms with E-state index < -0.39 is 5.60 Å². The number of benzene rings is 1. The predicted octanol–water partition coefficient (Wildman–Crippen LogP) is 8.19. The van der Waals surface area contributed by atoms with E-state index in [-0.39, 0.29) is 11.8 Å². The minimum atomic E-state index is -0.990. The molecule has 0 aliphatic rings. The fourth-order valence-electron chi connectivity index (χ4n) is 3.83. The Balaban J connectivity index is 1.96. The first-order valence-electron chi connectivity index (χ1n) is 16.0. The van der Waals surface area contributed by atoms with Crippen LogP contribution in [0, 0.1) is 0 Å². The first kappa shape index (κ1) is 38.7. The molecule has 1 aromatic carbocycles. The van der Waals surface area contributed by atoms with Crippen LogP contribution in [0.4, 0.5) is 0 Å². The summed E-state index contributed by atoms with van der Waals surface area (Å²) in [7, 11) is 0. The van der Waals surface area contributed by atoms with E-state index in [2.05, 4.69) is 95.8 Å². The second-order valence-corrected chi connectivity index (χ2v) is 11.2. The van der Waals surface area contributed by atoms with Crippen LogP contribution in [-0.2, 0) is 9.59 Å². The highest BCUT2D eigenvalue weighted by Crippen LogP contribution is 2.21. The van der Waals surface area contributed by atoms with Gasteiger partial charge in [0, 0.05) is 31.1 Å². The molecule has 0 atom stereocenters. The van der Waals surface area contributed by atoms with Gasteiger partial charge >= 0.3 is 0 Å². The summed E-state index contributed by atoms with van der Waals surface area (Å²) in [6.45, 7) is 8.17. The van der Waals surface area contributed by atoms with Crippen LogP contribution >= 0.6 is 11.6 Å². The average Bonchev–Trinajstić information content (AvgIpc) is 3.00. The minimum Gasteiger partial charge on any atom is -0.478 e. The molecule has 0 heterocycles. The van der Waals surface area contributed by atoms with Crippen molar-refractivity contribution in [3.63, 3.8) is 0 Å². The van der Waals surface area contributed by atoms with E-state index in [1.54, 1.807) is 38.1 Å². The molecule has 0 radical (unpaired) electrons. The number of hydrogen-bond donors (Lipinski definition) is 3. The molecule has 0 aromatic heterocycles. The molecule has 0 saturated heterocycles. The lowest BCUT2D eigenvalue weighted by atomic mass is 10.1. The molecule has 1 rings (SSSR count). The van der Waals surface area contributed by atoms with Crippen molar-refractivity contribution in [2.45, 2.75) is 84.2 Å². The molecule has 44 heavy (non-hydrogen) atoms. The maximum absolute atomic E-state index is 12.5. The van der Waals surface area contributed by atoms with Gasteiger partial charge in [-0.25, -0.2) is 0 Å². The zero-order valence-electron chi connectivity index (χ0n) is 27.0. The van der Waals surface area contributed by atoms with Crippen molar-refractivity contribution >= 4 is 23.4 Å². The van der Waals surface area contributed by atoms with E-state index in [4.69, 9.17) is 16.3 Å². The number of halogens is 1. The molecule has 2 amide bonds. The number of rotatable bonds is 24. The molecule has 0 aliphatic heterocycles. The summed E-state index contributed by atoms with van der Waals surface area (Å²) < 4.78 is 5.80. The van der Waals surface area contributed by atoms with Gasteiger partial charge in [0.15, 0.2) is 5.60 Å². The number of nitrogens with one attached hydrogen (secondary N) is 3. The number of carbonyl (C=O) groups excluding carboxylic acids is 2. The van der Waals surface area contributed by atoms with Crippen LogP contribution in [0.25, 0.3) is 0 Å². The molecular weight excluding hydrogens is 570 g/mol. The highest BCUT2D eigenvalue weighted by Gasteiger charge is 2.29. The van der Waals surface area contributed by atoms with Crippen molar-refractivity contribution in [3.8, 4) is 5.75 Å². The summed E-state index contributed by atoms with van der Waals surface area (Å²) in [4.78, 5) is 24.5. The Bertz CT molecular complexity index is 1090. The van der Waals surface area contributed by atoms with Gasteiger partial charge in [-0.3, -0.25) is 9.59 Å². The summed E-state index contributed by atoms with van der Waals surface area (Å²) >= 11 is 5.90. The molecule has 1 aromatic rings. The Morgan fingerprint density at radius 2 is 1.23 bits per heavy atom. The third-order valence-corrected chi connectivity index (χ3v) is 6.56. The molecule has 3 N–H and O–H groups in total. The third-order valence-electron chi connectivity index (χ3n) is 6.31. The Kier molecular flexibility index (Phi) is 22.9. The number of hydrogen-bond acceptors (Lipinski definition) is 4. The highest BCUT2D eigenvalue weighted by molar-refractivity contribution is 6.30. The van der Waals surface area contributed by atoms with Gasteiger partial charge in [-0.05, 0) is 96.0 Å². The first-order valence-corrected chi connectivity index (χ1v) is 16.3. The van der Waals surface area contributed by atoms with Crippen LogP contribution in [0.5, 0.6) is 5.75 Å². The summed E-state index contributed by atoms with van der Waals surface area (Å²) in [6, 6.07) is 6.94. The minimum absolute atomic E-state index is 0.0570. The zero-order valence-corrected chi connectivity index (χ0v) is 27.8. The van der Waals surface area contributed by atoms with E-state index in [1.165, 1.54) is 0 Å². The molecular formula is C37H54ClN3O3. The molecule has 0 fully saturated rings. The first-order chi connectivity index (χ1) is 21.3.